The fourth-order valence-electron chi connectivity index (χ4n) is 6.22. The fourth-order valence-corrected chi connectivity index (χ4v) is 8.25. The normalized spacial score (nSPS) is 13.0. The van der Waals surface area contributed by atoms with Crippen molar-refractivity contribution in [2.45, 2.75) is 19.6 Å². The van der Waals surface area contributed by atoms with Crippen LogP contribution in [-0.2, 0) is 57.5 Å². The molecular weight excluding hydrogens is 873 g/mol. The molecule has 0 atom stereocenters. The predicted molar refractivity (Wildman–Crippen MR) is 193 cm³/mol. The van der Waals surface area contributed by atoms with Crippen molar-refractivity contribution in [2.24, 2.45) is 0 Å². The first-order valence-electron chi connectivity index (χ1n) is 15.4. The van der Waals surface area contributed by atoms with E-state index in [1.165, 1.54) is 24.3 Å². The van der Waals surface area contributed by atoms with Crippen molar-refractivity contribution in [3.63, 3.8) is 0 Å². The molecule has 2 aliphatic heterocycles. The van der Waals surface area contributed by atoms with Crippen LogP contribution in [0.15, 0.2) is 92.4 Å². The summed E-state index contributed by atoms with van der Waals surface area (Å²) in [7, 11) is -19.0. The smallest absolute Gasteiger partial charge is 0.357 e. The fraction of sp³-hybridized carbons (Fsp3) is 0. The summed E-state index contributed by atoms with van der Waals surface area (Å²) in [6, 6.07) is 13.7. The van der Waals surface area contributed by atoms with Crippen molar-refractivity contribution >= 4 is 84.6 Å². The Balaban J connectivity index is 0.00000455. The molecule has 0 saturated heterocycles. The summed E-state index contributed by atoms with van der Waals surface area (Å²) in [6.07, 6.45) is 0. The molecule has 57 heavy (non-hydrogen) atoms. The SMILES string of the molecule is O=S(=O)(O)c1ccc2c(c1)-c1nc-2nc2[n-]c(nc3nc(nc4[n-]c(n1)c1ccc(S(=O)(=O)O)cc41)-c1ccc(S(=O)(=O)O)cc1-3)c1ccc(S(=O)(=O)O)cc21.[Fe+2]. The molecule has 288 valence electrons. The maximum Gasteiger partial charge on any atom is 2.00 e. The Kier molecular flexibility index (Phi) is 8.53. The van der Waals surface area contributed by atoms with Crippen molar-refractivity contribution in [3.05, 3.63) is 72.8 Å². The quantitative estimate of drug-likeness (QED) is 0.146. The topological polar surface area (TPSA) is 323 Å². The second-order valence-corrected chi connectivity index (χ2v) is 17.9. The van der Waals surface area contributed by atoms with Crippen LogP contribution in [0, 0.1) is 0 Å². The van der Waals surface area contributed by atoms with E-state index in [1.807, 2.05) is 0 Å². The van der Waals surface area contributed by atoms with Crippen LogP contribution in [0.1, 0.15) is 0 Å². The molecule has 8 bridgehead atoms. The number of hydrogen-bond donors (Lipinski definition) is 4. The summed E-state index contributed by atoms with van der Waals surface area (Å²) in [6.45, 7) is 0. The summed E-state index contributed by atoms with van der Waals surface area (Å²) in [4.78, 5) is 34.1. The number of nitrogens with zero attached hydrogens (tertiary/aromatic N) is 8. The molecule has 3 aromatic heterocycles. The van der Waals surface area contributed by atoms with Gasteiger partial charge in [-0.1, -0.05) is 24.3 Å². The minimum absolute atomic E-state index is 0. The van der Waals surface area contributed by atoms with Gasteiger partial charge in [0.15, 0.2) is 0 Å². The van der Waals surface area contributed by atoms with Gasteiger partial charge in [0.2, 0.25) is 0 Å². The third-order valence-electron chi connectivity index (χ3n) is 8.78. The first-order chi connectivity index (χ1) is 26.2. The third-order valence-corrected chi connectivity index (χ3v) is 12.2. The number of rotatable bonds is 4. The van der Waals surface area contributed by atoms with Crippen LogP contribution in [0.4, 0.5) is 0 Å². The molecule has 0 radical (unpaired) electrons. The minimum Gasteiger partial charge on any atom is -0.357 e. The standard InChI is InChI=1S/C32H16N8O12S4.Fe/c41-53(42,43)13-1-5-17-21(9-13)29-33-25(17)37-30-22-10-14(54(44,45)46)2-6-18(22)27(34-30)39-32-24-12-16(56(50,51)52)4-8-20(24)28(36-32)40-31-23-11-15(55(47,48)49)3-7-19(23)26(35-31)38-29;/h1-12H,(H4-2,33,34,35,36,37,38,39,40,41,42,43,44,45,46,47,48,49,50,51,52);/q-2;+2. The summed E-state index contributed by atoms with van der Waals surface area (Å²) in [5.74, 6) is -0.667. The molecule has 0 amide bonds. The summed E-state index contributed by atoms with van der Waals surface area (Å²) >= 11 is 0. The summed E-state index contributed by atoms with van der Waals surface area (Å²) in [5, 5.41) is 0.408. The summed E-state index contributed by atoms with van der Waals surface area (Å²) in [5.41, 5.74) is -0.259. The number of benzene rings is 4. The average molecular weight is 889 g/mol. The van der Waals surface area contributed by atoms with Gasteiger partial charge in [-0.15, -0.1) is 0 Å². The monoisotopic (exact) mass is 888 g/mol. The molecule has 4 aromatic carbocycles. The van der Waals surface area contributed by atoms with E-state index in [-0.39, 0.29) is 107 Å². The molecule has 5 heterocycles. The van der Waals surface area contributed by atoms with Crippen LogP contribution in [0.3, 0.4) is 0 Å². The summed E-state index contributed by atoms with van der Waals surface area (Å²) < 4.78 is 137. The molecule has 0 saturated carbocycles. The Morgan fingerprint density at radius 3 is 0.965 bits per heavy atom. The number of aromatic nitrogens is 8. The average Bonchev–Trinajstić information content (AvgIpc) is 3.84. The van der Waals surface area contributed by atoms with Gasteiger partial charge >= 0.3 is 17.1 Å². The Morgan fingerprint density at radius 2 is 0.632 bits per heavy atom. The molecule has 0 spiro atoms. The molecule has 0 aliphatic carbocycles. The van der Waals surface area contributed by atoms with Gasteiger partial charge in [-0.25, -0.2) is 9.97 Å². The van der Waals surface area contributed by atoms with E-state index in [9.17, 15) is 51.9 Å². The molecule has 2 aliphatic rings. The molecule has 9 rings (SSSR count). The zero-order valence-electron chi connectivity index (χ0n) is 27.5. The van der Waals surface area contributed by atoms with Gasteiger partial charge in [-0.3, -0.25) is 18.2 Å². The third kappa shape index (κ3) is 6.54. The van der Waals surface area contributed by atoms with E-state index < -0.39 is 60.1 Å². The van der Waals surface area contributed by atoms with Gasteiger partial charge < -0.3 is 29.9 Å². The maximum atomic E-state index is 12.2. The Bertz CT molecular complexity index is 3380. The maximum absolute atomic E-state index is 12.2. The second-order valence-electron chi connectivity index (χ2n) is 12.2. The van der Waals surface area contributed by atoms with Gasteiger partial charge in [0, 0.05) is 44.8 Å². The van der Waals surface area contributed by atoms with Crippen molar-refractivity contribution in [2.75, 3.05) is 0 Å². The number of fused-ring (bicyclic) bond motifs is 20. The van der Waals surface area contributed by atoms with E-state index >= 15 is 0 Å². The predicted octanol–water partition coefficient (Wildman–Crippen LogP) is 3.11. The van der Waals surface area contributed by atoms with Crippen molar-refractivity contribution in [1.29, 1.82) is 0 Å². The van der Waals surface area contributed by atoms with Crippen molar-refractivity contribution < 1.29 is 69.0 Å². The van der Waals surface area contributed by atoms with Crippen molar-refractivity contribution in [1.82, 2.24) is 39.9 Å². The molecule has 4 N–H and O–H groups in total. The van der Waals surface area contributed by atoms with E-state index in [0.717, 1.165) is 48.5 Å². The molecule has 20 nitrogen and oxygen atoms in total. The zero-order chi connectivity index (χ0) is 39.7. The molecule has 7 aromatic rings. The first-order valence-corrected chi connectivity index (χ1v) is 21.2. The van der Waals surface area contributed by atoms with E-state index in [4.69, 9.17) is 0 Å². The van der Waals surface area contributed by atoms with Crippen LogP contribution in [0.25, 0.3) is 89.7 Å². The second kappa shape index (κ2) is 12.7. The Labute approximate surface area is 329 Å². The van der Waals surface area contributed by atoms with Crippen LogP contribution in [0.5, 0.6) is 0 Å². The van der Waals surface area contributed by atoms with Crippen LogP contribution >= 0.6 is 0 Å². The first kappa shape index (κ1) is 38.3. The van der Waals surface area contributed by atoms with E-state index in [0.29, 0.717) is 0 Å². The molecular formula is C32H16FeN8O12S4. The number of hydrogen-bond acceptors (Lipinski definition) is 14. The Morgan fingerprint density at radius 1 is 0.351 bits per heavy atom. The van der Waals surface area contributed by atoms with Crippen LogP contribution in [-0.4, -0.2) is 81.8 Å². The zero-order valence-corrected chi connectivity index (χ0v) is 31.9. The van der Waals surface area contributed by atoms with Crippen molar-refractivity contribution in [3.8, 4) is 45.6 Å². The molecule has 25 heteroatoms. The Hall–Kier alpha value is -5.60. The van der Waals surface area contributed by atoms with Gasteiger partial charge in [0.05, 0.1) is 42.9 Å². The van der Waals surface area contributed by atoms with Gasteiger partial charge in [-0.05, 0) is 70.1 Å². The van der Waals surface area contributed by atoms with Gasteiger partial charge in [-0.2, -0.15) is 33.7 Å². The van der Waals surface area contributed by atoms with Crippen LogP contribution in [0.2, 0.25) is 0 Å². The van der Waals surface area contributed by atoms with E-state index in [1.54, 1.807) is 0 Å². The largest absolute Gasteiger partial charge is 2.00 e. The van der Waals surface area contributed by atoms with Gasteiger partial charge in [0.1, 0.15) is 0 Å². The van der Waals surface area contributed by atoms with E-state index in [2.05, 4.69) is 39.9 Å². The minimum atomic E-state index is -4.75. The molecule has 0 unspecified atom stereocenters. The van der Waals surface area contributed by atoms with Gasteiger partial charge in [0.25, 0.3) is 40.5 Å². The van der Waals surface area contributed by atoms with Crippen LogP contribution < -0.4 is 9.97 Å². The molecule has 0 fully saturated rings.